The number of anilines is 1. The maximum atomic E-state index is 13.3. The van der Waals surface area contributed by atoms with Crippen LogP contribution < -0.4 is 9.62 Å². The van der Waals surface area contributed by atoms with Crippen LogP contribution in [0.3, 0.4) is 0 Å². The molecule has 1 unspecified atom stereocenters. The Morgan fingerprint density at radius 2 is 1.66 bits per heavy atom. The van der Waals surface area contributed by atoms with Gasteiger partial charge in [0.25, 0.3) is 0 Å². The Balaban J connectivity index is 2.20. The molecule has 0 aliphatic heterocycles. The fraction of sp³-hybridized carbons (Fsp3) is 0.462. The molecule has 0 spiro atoms. The summed E-state index contributed by atoms with van der Waals surface area (Å²) in [5, 5.41) is 2.87. The van der Waals surface area contributed by atoms with E-state index < -0.39 is 16.1 Å². The van der Waals surface area contributed by atoms with Crippen LogP contribution in [0.15, 0.2) is 46.9 Å². The van der Waals surface area contributed by atoms with Gasteiger partial charge in [0.1, 0.15) is 6.04 Å². The van der Waals surface area contributed by atoms with E-state index >= 15 is 0 Å². The number of nitrogens with zero attached hydrogens (tertiary/aromatic N) is 2. The minimum atomic E-state index is -3.53. The fourth-order valence-corrected chi connectivity index (χ4v) is 5.31. The van der Waals surface area contributed by atoms with Crippen molar-refractivity contribution < 1.29 is 18.0 Å². The molecule has 7 nitrogen and oxygen atoms in total. The highest BCUT2D eigenvalue weighted by atomic mass is 79.9. The molecule has 0 bridgehead atoms. The zero-order valence-corrected chi connectivity index (χ0v) is 23.7. The van der Waals surface area contributed by atoms with E-state index in [1.807, 2.05) is 70.2 Å². The fourth-order valence-electron chi connectivity index (χ4n) is 3.92. The molecule has 2 amide bonds. The van der Waals surface area contributed by atoms with Gasteiger partial charge in [-0.1, -0.05) is 34.1 Å². The quantitative estimate of drug-likeness (QED) is 0.433. The monoisotopic (exact) mass is 565 g/mol. The van der Waals surface area contributed by atoms with Crippen LogP contribution in [0.5, 0.6) is 0 Å². The van der Waals surface area contributed by atoms with Crippen LogP contribution in [-0.4, -0.2) is 50.0 Å². The third-order valence-electron chi connectivity index (χ3n) is 5.49. The number of benzene rings is 2. The van der Waals surface area contributed by atoms with Gasteiger partial charge in [-0.15, -0.1) is 0 Å². The topological polar surface area (TPSA) is 86.8 Å². The number of carbonyl (C=O) groups is 2. The summed E-state index contributed by atoms with van der Waals surface area (Å²) in [6, 6.07) is 12.5. The Morgan fingerprint density at radius 1 is 1.03 bits per heavy atom. The maximum absolute atomic E-state index is 13.3. The summed E-state index contributed by atoms with van der Waals surface area (Å²) < 4.78 is 27.3. The molecule has 2 aromatic carbocycles. The molecular formula is C26H36BrN3O4S. The minimum Gasteiger partial charge on any atom is -0.352 e. The number of amides is 2. The third-order valence-corrected chi connectivity index (χ3v) is 7.17. The Bertz CT molecular complexity index is 1130. The van der Waals surface area contributed by atoms with Gasteiger partial charge in [-0.2, -0.15) is 0 Å². The first kappa shape index (κ1) is 28.8. The minimum absolute atomic E-state index is 0.0473. The van der Waals surface area contributed by atoms with Crippen molar-refractivity contribution in [1.82, 2.24) is 10.2 Å². The lowest BCUT2D eigenvalue weighted by atomic mass is 10.1. The number of carbonyl (C=O) groups excluding carboxylic acids is 2. The summed E-state index contributed by atoms with van der Waals surface area (Å²) in [5.74, 6) is -0.429. The van der Waals surface area contributed by atoms with Crippen LogP contribution in [0.2, 0.25) is 0 Å². The Hall–Kier alpha value is -2.39. The van der Waals surface area contributed by atoms with Crippen molar-refractivity contribution in [3.05, 3.63) is 63.6 Å². The predicted octanol–water partition coefficient (Wildman–Crippen LogP) is 4.55. The van der Waals surface area contributed by atoms with Crippen LogP contribution in [0.4, 0.5) is 5.69 Å². The standard InChI is InChI=1S/C26H36BrN3O4S/c1-18(2)28-26(32)21(5)29(17-22-9-7-10-23(27)16-22)25(31)11-8-12-30(35(6,33)34)24-14-19(3)13-20(4)15-24/h7,9-10,13-16,18,21H,8,11-12,17H2,1-6H3,(H,28,32). The molecule has 0 heterocycles. The molecule has 0 saturated heterocycles. The number of hydrogen-bond donors (Lipinski definition) is 1. The summed E-state index contributed by atoms with van der Waals surface area (Å²) in [5.41, 5.74) is 3.42. The number of hydrogen-bond acceptors (Lipinski definition) is 4. The first-order chi connectivity index (χ1) is 16.3. The molecule has 0 aliphatic rings. The molecule has 1 N–H and O–H groups in total. The van der Waals surface area contributed by atoms with E-state index in [1.165, 1.54) is 10.6 Å². The molecule has 0 fully saturated rings. The van der Waals surface area contributed by atoms with Gasteiger partial charge in [0, 0.05) is 30.0 Å². The second-order valence-corrected chi connectivity index (χ2v) is 12.1. The summed E-state index contributed by atoms with van der Waals surface area (Å²) in [7, 11) is -3.53. The highest BCUT2D eigenvalue weighted by Gasteiger charge is 2.27. The van der Waals surface area contributed by atoms with E-state index in [0.29, 0.717) is 12.1 Å². The van der Waals surface area contributed by atoms with Crippen molar-refractivity contribution in [3.63, 3.8) is 0 Å². The molecule has 192 valence electrons. The number of sulfonamides is 1. The number of halogens is 1. The largest absolute Gasteiger partial charge is 0.352 e. The van der Waals surface area contributed by atoms with Gasteiger partial charge >= 0.3 is 0 Å². The van der Waals surface area contributed by atoms with Crippen LogP contribution in [0, 0.1) is 13.8 Å². The molecule has 0 aromatic heterocycles. The van der Waals surface area contributed by atoms with Crippen LogP contribution >= 0.6 is 15.9 Å². The van der Waals surface area contributed by atoms with Crippen LogP contribution in [0.1, 0.15) is 50.3 Å². The molecular weight excluding hydrogens is 530 g/mol. The van der Waals surface area contributed by atoms with Gasteiger partial charge in [-0.3, -0.25) is 13.9 Å². The highest BCUT2D eigenvalue weighted by Crippen LogP contribution is 2.22. The van der Waals surface area contributed by atoms with Crippen molar-refractivity contribution in [2.45, 2.75) is 66.1 Å². The van der Waals surface area contributed by atoms with Gasteiger partial charge in [0.05, 0.1) is 11.9 Å². The van der Waals surface area contributed by atoms with Gasteiger partial charge in [-0.05, 0) is 82.0 Å². The van der Waals surface area contributed by atoms with E-state index in [0.717, 1.165) is 21.2 Å². The number of aryl methyl sites for hydroxylation is 2. The zero-order chi connectivity index (χ0) is 26.3. The SMILES string of the molecule is Cc1cc(C)cc(N(CCCC(=O)N(Cc2cccc(Br)c2)C(C)C(=O)NC(C)C)S(C)(=O)=O)c1. The highest BCUT2D eigenvalue weighted by molar-refractivity contribution is 9.10. The third kappa shape index (κ3) is 8.96. The molecule has 0 radical (unpaired) electrons. The van der Waals surface area contributed by atoms with E-state index in [2.05, 4.69) is 21.2 Å². The average molecular weight is 567 g/mol. The van der Waals surface area contributed by atoms with Crippen molar-refractivity contribution in [2.24, 2.45) is 0 Å². The predicted molar refractivity (Wildman–Crippen MR) is 145 cm³/mol. The lowest BCUT2D eigenvalue weighted by Gasteiger charge is -2.30. The maximum Gasteiger partial charge on any atom is 0.242 e. The van der Waals surface area contributed by atoms with Crippen LogP contribution in [0.25, 0.3) is 0 Å². The van der Waals surface area contributed by atoms with Gasteiger partial charge in [-0.25, -0.2) is 8.42 Å². The Morgan fingerprint density at radius 3 is 2.20 bits per heavy atom. The van der Waals surface area contributed by atoms with E-state index in [-0.39, 0.29) is 37.4 Å². The Labute approximate surface area is 218 Å². The molecule has 0 aliphatic carbocycles. The smallest absolute Gasteiger partial charge is 0.242 e. The van der Waals surface area contributed by atoms with E-state index in [1.54, 1.807) is 11.8 Å². The van der Waals surface area contributed by atoms with Crippen LogP contribution in [-0.2, 0) is 26.2 Å². The molecule has 0 saturated carbocycles. The molecule has 35 heavy (non-hydrogen) atoms. The average Bonchev–Trinajstić information content (AvgIpc) is 2.72. The van der Waals surface area contributed by atoms with Crippen molar-refractivity contribution >= 4 is 43.5 Å². The summed E-state index contributed by atoms with van der Waals surface area (Å²) in [6.07, 6.45) is 1.61. The molecule has 2 aromatic rings. The number of rotatable bonds is 11. The lowest BCUT2D eigenvalue weighted by molar-refractivity contribution is -0.140. The normalized spacial score (nSPS) is 12.3. The van der Waals surface area contributed by atoms with Crippen molar-refractivity contribution in [2.75, 3.05) is 17.1 Å². The zero-order valence-electron chi connectivity index (χ0n) is 21.3. The van der Waals surface area contributed by atoms with E-state index in [9.17, 15) is 18.0 Å². The second kappa shape index (κ2) is 12.5. The Kier molecular flexibility index (Phi) is 10.3. The molecule has 1 atom stereocenters. The van der Waals surface area contributed by atoms with Gasteiger partial charge < -0.3 is 10.2 Å². The van der Waals surface area contributed by atoms with Crippen molar-refractivity contribution in [3.8, 4) is 0 Å². The molecule has 2 rings (SSSR count). The molecule has 9 heteroatoms. The van der Waals surface area contributed by atoms with Crippen molar-refractivity contribution in [1.29, 1.82) is 0 Å². The summed E-state index contributed by atoms with van der Waals surface area (Å²) in [6.45, 7) is 9.75. The van der Waals surface area contributed by atoms with Gasteiger partial charge in [0.15, 0.2) is 0 Å². The summed E-state index contributed by atoms with van der Waals surface area (Å²) in [4.78, 5) is 27.6. The first-order valence-electron chi connectivity index (χ1n) is 11.7. The van der Waals surface area contributed by atoms with E-state index in [4.69, 9.17) is 0 Å². The van der Waals surface area contributed by atoms with Gasteiger partial charge in [0.2, 0.25) is 21.8 Å². The number of nitrogens with one attached hydrogen (secondary N) is 1. The summed E-state index contributed by atoms with van der Waals surface area (Å²) >= 11 is 3.45. The lowest BCUT2D eigenvalue weighted by Crippen LogP contribution is -2.49. The first-order valence-corrected chi connectivity index (χ1v) is 14.3. The second-order valence-electron chi connectivity index (χ2n) is 9.28.